The Balaban J connectivity index is 1.54. The summed E-state index contributed by atoms with van der Waals surface area (Å²) in [6.45, 7) is 4.62. The molecule has 4 nitrogen and oxygen atoms in total. The third-order valence-electron chi connectivity index (χ3n) is 4.51. The zero-order chi connectivity index (χ0) is 20.8. The highest BCUT2D eigenvalue weighted by molar-refractivity contribution is 9.10. The van der Waals surface area contributed by atoms with E-state index in [-0.39, 0.29) is 12.3 Å². The fourth-order valence-corrected chi connectivity index (χ4v) is 3.26. The van der Waals surface area contributed by atoms with E-state index in [4.69, 9.17) is 4.74 Å². The van der Waals surface area contributed by atoms with Gasteiger partial charge < -0.3 is 15.4 Å². The molecule has 0 saturated carbocycles. The predicted octanol–water partition coefficient (Wildman–Crippen LogP) is 5.83. The molecule has 6 heteroatoms. The third-order valence-corrected chi connectivity index (χ3v) is 5.13. The second-order valence-electron chi connectivity index (χ2n) is 6.73. The predicted molar refractivity (Wildman–Crippen MR) is 118 cm³/mol. The summed E-state index contributed by atoms with van der Waals surface area (Å²) in [7, 11) is 0. The van der Waals surface area contributed by atoms with Gasteiger partial charge in [-0.1, -0.05) is 24.3 Å². The van der Waals surface area contributed by atoms with Gasteiger partial charge in [0, 0.05) is 12.2 Å². The van der Waals surface area contributed by atoms with E-state index in [9.17, 15) is 9.18 Å². The van der Waals surface area contributed by atoms with Gasteiger partial charge in [-0.2, -0.15) is 0 Å². The first-order valence-corrected chi connectivity index (χ1v) is 9.98. The molecule has 0 spiro atoms. The van der Waals surface area contributed by atoms with E-state index in [1.807, 2.05) is 12.1 Å². The van der Waals surface area contributed by atoms with Crippen LogP contribution in [0.15, 0.2) is 65.1 Å². The molecule has 0 aliphatic heterocycles. The lowest BCUT2D eigenvalue weighted by atomic mass is 10.1. The van der Waals surface area contributed by atoms with E-state index in [1.54, 1.807) is 18.2 Å². The van der Waals surface area contributed by atoms with Gasteiger partial charge in [-0.15, -0.1) is 0 Å². The molecule has 3 rings (SSSR count). The number of benzene rings is 3. The first kappa shape index (κ1) is 20.9. The van der Waals surface area contributed by atoms with Crippen LogP contribution in [0.3, 0.4) is 0 Å². The molecule has 29 heavy (non-hydrogen) atoms. The lowest BCUT2D eigenvalue weighted by molar-refractivity contribution is -0.118. The summed E-state index contributed by atoms with van der Waals surface area (Å²) < 4.78 is 19.9. The molecule has 0 atom stereocenters. The molecule has 3 aromatic carbocycles. The van der Waals surface area contributed by atoms with Crippen molar-refractivity contribution in [3.05, 3.63) is 87.6 Å². The Hall–Kier alpha value is -2.86. The van der Waals surface area contributed by atoms with Crippen LogP contribution in [0.1, 0.15) is 16.7 Å². The van der Waals surface area contributed by atoms with Crippen molar-refractivity contribution in [1.82, 2.24) is 0 Å². The van der Waals surface area contributed by atoms with E-state index in [2.05, 4.69) is 58.6 Å². The van der Waals surface area contributed by atoms with Crippen LogP contribution < -0.4 is 15.4 Å². The molecule has 150 valence electrons. The molecule has 0 aliphatic carbocycles. The summed E-state index contributed by atoms with van der Waals surface area (Å²) in [5.74, 6) is -0.367. The number of rotatable bonds is 7. The minimum absolute atomic E-state index is 0.132. The van der Waals surface area contributed by atoms with Crippen molar-refractivity contribution in [2.45, 2.75) is 20.4 Å². The number of hydrogen-bond donors (Lipinski definition) is 2. The van der Waals surface area contributed by atoms with Gasteiger partial charge in [-0.25, -0.2) is 4.39 Å². The molecule has 0 bridgehead atoms. The average molecular weight is 457 g/mol. The van der Waals surface area contributed by atoms with Crippen LogP contribution in [-0.2, 0) is 11.3 Å². The first-order valence-electron chi connectivity index (χ1n) is 9.19. The molecule has 0 heterocycles. The fourth-order valence-electron chi connectivity index (χ4n) is 2.72. The molecule has 0 aromatic heterocycles. The number of anilines is 2. The van der Waals surface area contributed by atoms with Crippen LogP contribution in [-0.4, -0.2) is 12.5 Å². The Morgan fingerprint density at radius 1 is 1.03 bits per heavy atom. The molecule has 3 aromatic rings. The number of carbonyl (C=O) groups excluding carboxylic acids is 1. The van der Waals surface area contributed by atoms with Gasteiger partial charge in [0.05, 0.1) is 10.2 Å². The number of amides is 1. The number of aryl methyl sites for hydroxylation is 2. The van der Waals surface area contributed by atoms with E-state index < -0.39 is 11.7 Å². The van der Waals surface area contributed by atoms with Gasteiger partial charge in [-0.05, 0) is 82.9 Å². The van der Waals surface area contributed by atoms with Crippen molar-refractivity contribution in [1.29, 1.82) is 0 Å². The van der Waals surface area contributed by atoms with Crippen molar-refractivity contribution in [2.24, 2.45) is 0 Å². The highest BCUT2D eigenvalue weighted by Crippen LogP contribution is 2.26. The second-order valence-corrected chi connectivity index (χ2v) is 7.59. The average Bonchev–Trinajstić information content (AvgIpc) is 2.70. The van der Waals surface area contributed by atoms with Crippen molar-refractivity contribution in [3.63, 3.8) is 0 Å². The number of carbonyl (C=O) groups is 1. The molecule has 2 N–H and O–H groups in total. The van der Waals surface area contributed by atoms with Gasteiger partial charge in [0.25, 0.3) is 5.91 Å². The van der Waals surface area contributed by atoms with Gasteiger partial charge in [0.1, 0.15) is 11.6 Å². The summed E-state index contributed by atoms with van der Waals surface area (Å²) in [6, 6.07) is 18.0. The summed E-state index contributed by atoms with van der Waals surface area (Å²) in [6.07, 6.45) is 0. The minimum atomic E-state index is -0.484. The molecular weight excluding hydrogens is 435 g/mol. The van der Waals surface area contributed by atoms with E-state index in [1.165, 1.54) is 23.3 Å². The maximum Gasteiger partial charge on any atom is 0.262 e. The van der Waals surface area contributed by atoms with Gasteiger partial charge in [0.2, 0.25) is 0 Å². The Morgan fingerprint density at radius 3 is 2.55 bits per heavy atom. The monoisotopic (exact) mass is 456 g/mol. The molecule has 0 radical (unpaired) electrons. The molecule has 0 unspecified atom stereocenters. The lowest BCUT2D eigenvalue weighted by Crippen LogP contribution is -2.20. The van der Waals surface area contributed by atoms with Crippen molar-refractivity contribution >= 4 is 33.2 Å². The summed E-state index contributed by atoms with van der Waals surface area (Å²) in [4.78, 5) is 12.0. The summed E-state index contributed by atoms with van der Waals surface area (Å²) >= 11 is 3.48. The van der Waals surface area contributed by atoms with Gasteiger partial charge >= 0.3 is 0 Å². The number of hydrogen-bond acceptors (Lipinski definition) is 3. The third kappa shape index (κ3) is 5.81. The van der Waals surface area contributed by atoms with E-state index in [0.29, 0.717) is 12.3 Å². The molecule has 0 fully saturated rings. The van der Waals surface area contributed by atoms with Crippen LogP contribution in [0, 0.1) is 19.7 Å². The fraction of sp³-hybridized carbons (Fsp3) is 0.174. The Bertz CT molecular complexity index is 1020. The zero-order valence-electron chi connectivity index (χ0n) is 16.3. The number of ether oxygens (including phenoxy) is 1. The van der Waals surface area contributed by atoms with E-state index >= 15 is 0 Å². The highest BCUT2D eigenvalue weighted by Gasteiger charge is 2.09. The van der Waals surface area contributed by atoms with Crippen LogP contribution in [0.4, 0.5) is 15.8 Å². The molecule has 1 amide bonds. The standard InChI is InChI=1S/C23H22BrFN2O2/c1-15-7-9-18(11-16(15)2)26-13-17-8-10-22(19(24)12-17)29-14-23(28)27-21-6-4-3-5-20(21)25/h3-12,26H,13-14H2,1-2H3,(H,27,28). The SMILES string of the molecule is Cc1ccc(NCc2ccc(OCC(=O)Nc3ccccc3F)c(Br)c2)cc1C. The summed E-state index contributed by atoms with van der Waals surface area (Å²) in [5.41, 5.74) is 4.77. The molecule has 0 aliphatic rings. The van der Waals surface area contributed by atoms with Crippen molar-refractivity contribution in [3.8, 4) is 5.75 Å². The molecule has 0 saturated heterocycles. The number of halogens is 2. The smallest absolute Gasteiger partial charge is 0.262 e. The quantitative estimate of drug-likeness (QED) is 0.469. The topological polar surface area (TPSA) is 50.4 Å². The maximum atomic E-state index is 13.6. The van der Waals surface area contributed by atoms with Crippen molar-refractivity contribution in [2.75, 3.05) is 17.2 Å². The Labute approximate surface area is 178 Å². The Kier molecular flexibility index (Phi) is 6.88. The van der Waals surface area contributed by atoms with Crippen LogP contribution >= 0.6 is 15.9 Å². The van der Waals surface area contributed by atoms with Gasteiger partial charge in [0.15, 0.2) is 6.61 Å². The first-order chi connectivity index (χ1) is 13.9. The lowest BCUT2D eigenvalue weighted by Gasteiger charge is -2.12. The van der Waals surface area contributed by atoms with Crippen LogP contribution in [0.25, 0.3) is 0 Å². The number of para-hydroxylation sites is 1. The number of nitrogens with one attached hydrogen (secondary N) is 2. The zero-order valence-corrected chi connectivity index (χ0v) is 17.8. The van der Waals surface area contributed by atoms with E-state index in [0.717, 1.165) is 15.7 Å². The van der Waals surface area contributed by atoms with Gasteiger partial charge in [-0.3, -0.25) is 4.79 Å². The Morgan fingerprint density at radius 2 is 1.83 bits per heavy atom. The van der Waals surface area contributed by atoms with Crippen LogP contribution in [0.5, 0.6) is 5.75 Å². The summed E-state index contributed by atoms with van der Waals surface area (Å²) in [5, 5.41) is 5.89. The second kappa shape index (κ2) is 9.56. The molecular formula is C23H22BrFN2O2. The normalized spacial score (nSPS) is 10.5. The minimum Gasteiger partial charge on any atom is -0.483 e. The van der Waals surface area contributed by atoms with Crippen LogP contribution in [0.2, 0.25) is 0 Å². The van der Waals surface area contributed by atoms with Crippen molar-refractivity contribution < 1.29 is 13.9 Å². The largest absolute Gasteiger partial charge is 0.483 e. The maximum absolute atomic E-state index is 13.6. The highest BCUT2D eigenvalue weighted by atomic mass is 79.9.